The van der Waals surface area contributed by atoms with Crippen LogP contribution in [0.2, 0.25) is 0 Å². The van der Waals surface area contributed by atoms with Crippen LogP contribution >= 0.6 is 0 Å². The molecule has 0 unspecified atom stereocenters. The van der Waals surface area contributed by atoms with Gasteiger partial charge in [-0.1, -0.05) is 57.6 Å². The smallest absolute Gasteiger partial charge is 0.243 e. The Morgan fingerprint density at radius 1 is 0.964 bits per heavy atom. The van der Waals surface area contributed by atoms with E-state index < -0.39 is 23.9 Å². The lowest BCUT2D eigenvalue weighted by molar-refractivity contribution is -0.130. The number of unbranched alkanes of at least 4 members (excludes halogenated alkanes) is 5. The van der Waals surface area contributed by atoms with Crippen LogP contribution in [-0.2, 0) is 20.8 Å². The molecule has 0 aromatic heterocycles. The zero-order valence-electron chi connectivity index (χ0n) is 16.8. The largest absolute Gasteiger partial charge is 0.368 e. The summed E-state index contributed by atoms with van der Waals surface area (Å²) in [5.74, 6) is -1.81. The number of nitrogens with two attached hydrogens (primary N) is 1. The number of halogens is 1. The van der Waals surface area contributed by atoms with Crippen molar-refractivity contribution in [2.45, 2.75) is 77.3 Å². The van der Waals surface area contributed by atoms with E-state index in [-0.39, 0.29) is 18.1 Å². The lowest BCUT2D eigenvalue weighted by atomic mass is 10.0. The molecule has 4 N–H and O–H groups in total. The minimum absolute atomic E-state index is 0.189. The summed E-state index contributed by atoms with van der Waals surface area (Å²) < 4.78 is 13.1. The van der Waals surface area contributed by atoms with E-state index >= 15 is 0 Å². The van der Waals surface area contributed by atoms with E-state index in [0.717, 1.165) is 25.7 Å². The Morgan fingerprint density at radius 2 is 1.57 bits per heavy atom. The molecule has 0 aliphatic rings. The summed E-state index contributed by atoms with van der Waals surface area (Å²) in [6, 6.07) is 4.06. The van der Waals surface area contributed by atoms with E-state index in [4.69, 9.17) is 5.73 Å². The number of primary amides is 1. The topological polar surface area (TPSA) is 101 Å². The van der Waals surface area contributed by atoms with Gasteiger partial charge in [0.25, 0.3) is 0 Å². The summed E-state index contributed by atoms with van der Waals surface area (Å²) in [6.45, 7) is 3.46. The number of carbonyl (C=O) groups excluding carboxylic acids is 3. The first-order valence-corrected chi connectivity index (χ1v) is 9.94. The Balaban J connectivity index is 2.64. The van der Waals surface area contributed by atoms with Crippen LogP contribution in [0.1, 0.15) is 64.4 Å². The lowest BCUT2D eigenvalue weighted by Gasteiger charge is -2.21. The van der Waals surface area contributed by atoms with Crippen molar-refractivity contribution in [1.82, 2.24) is 10.6 Å². The van der Waals surface area contributed by atoms with Gasteiger partial charge in [-0.05, 0) is 24.1 Å². The van der Waals surface area contributed by atoms with Gasteiger partial charge in [-0.3, -0.25) is 14.4 Å². The van der Waals surface area contributed by atoms with Gasteiger partial charge in [-0.25, -0.2) is 4.39 Å². The van der Waals surface area contributed by atoms with Gasteiger partial charge in [0.15, 0.2) is 0 Å². The van der Waals surface area contributed by atoms with Crippen LogP contribution in [0.15, 0.2) is 24.3 Å². The van der Waals surface area contributed by atoms with Crippen LogP contribution in [0, 0.1) is 5.82 Å². The minimum atomic E-state index is -0.866. The minimum Gasteiger partial charge on any atom is -0.368 e. The Kier molecular flexibility index (Phi) is 10.8. The Bertz CT molecular complexity index is 634. The molecule has 3 amide bonds. The van der Waals surface area contributed by atoms with E-state index in [0.29, 0.717) is 12.0 Å². The summed E-state index contributed by atoms with van der Waals surface area (Å²) in [5.41, 5.74) is 6.13. The standard InChI is InChI=1S/C21H32FN3O3/c1-3-4-5-6-7-8-9-18(20(23)27)25-21(28)19(24-15(2)26)14-16-10-12-17(22)13-11-16/h10-13,18-19H,3-9,14H2,1-2H3,(H2,23,27)(H,24,26)(H,25,28)/t18-,19-/m1/s1. The molecule has 156 valence electrons. The molecule has 0 saturated carbocycles. The zero-order chi connectivity index (χ0) is 20.9. The molecule has 0 saturated heterocycles. The fraction of sp³-hybridized carbons (Fsp3) is 0.571. The molecule has 0 aliphatic heterocycles. The first-order chi connectivity index (χ1) is 13.3. The van der Waals surface area contributed by atoms with Gasteiger partial charge in [-0.2, -0.15) is 0 Å². The molecule has 0 radical (unpaired) electrons. The molecule has 0 spiro atoms. The second kappa shape index (κ2) is 12.9. The Labute approximate surface area is 166 Å². The average Bonchev–Trinajstić information content (AvgIpc) is 2.64. The third-order valence-corrected chi connectivity index (χ3v) is 4.55. The molecule has 0 heterocycles. The van der Waals surface area contributed by atoms with Crippen molar-refractivity contribution < 1.29 is 18.8 Å². The lowest BCUT2D eigenvalue weighted by Crippen LogP contribution is -2.53. The number of hydrogen-bond acceptors (Lipinski definition) is 3. The summed E-state index contributed by atoms with van der Waals surface area (Å²) in [5, 5.41) is 5.23. The molecule has 0 aliphatic carbocycles. The predicted octanol–water partition coefficient (Wildman–Crippen LogP) is 2.59. The van der Waals surface area contributed by atoms with Gasteiger partial charge in [0.2, 0.25) is 17.7 Å². The van der Waals surface area contributed by atoms with Gasteiger partial charge in [0, 0.05) is 13.3 Å². The second-order valence-corrected chi connectivity index (χ2v) is 7.10. The first kappa shape index (κ1) is 23.6. The molecule has 0 fully saturated rings. The maximum atomic E-state index is 13.1. The maximum absolute atomic E-state index is 13.1. The van der Waals surface area contributed by atoms with Crippen molar-refractivity contribution in [2.24, 2.45) is 5.73 Å². The molecule has 1 aromatic carbocycles. The fourth-order valence-corrected chi connectivity index (χ4v) is 3.00. The summed E-state index contributed by atoms with van der Waals surface area (Å²) >= 11 is 0. The van der Waals surface area contributed by atoms with Crippen molar-refractivity contribution >= 4 is 17.7 Å². The third kappa shape index (κ3) is 9.48. The van der Waals surface area contributed by atoms with Crippen LogP contribution in [0.3, 0.4) is 0 Å². The Hall–Kier alpha value is -2.44. The van der Waals surface area contributed by atoms with Crippen LogP contribution in [0.4, 0.5) is 4.39 Å². The molecule has 0 bridgehead atoms. The molecular formula is C21H32FN3O3. The second-order valence-electron chi connectivity index (χ2n) is 7.10. The fourth-order valence-electron chi connectivity index (χ4n) is 3.00. The van der Waals surface area contributed by atoms with Crippen LogP contribution in [0.5, 0.6) is 0 Å². The zero-order valence-corrected chi connectivity index (χ0v) is 16.8. The SMILES string of the molecule is CCCCCCCC[C@@H](NC(=O)[C@@H](Cc1ccc(F)cc1)NC(C)=O)C(N)=O. The van der Waals surface area contributed by atoms with E-state index in [2.05, 4.69) is 17.6 Å². The normalized spacial score (nSPS) is 12.8. The summed E-state index contributed by atoms with van der Waals surface area (Å²) in [7, 11) is 0. The van der Waals surface area contributed by atoms with Crippen molar-refractivity contribution in [3.05, 3.63) is 35.6 Å². The van der Waals surface area contributed by atoms with E-state index in [1.807, 2.05) is 0 Å². The molecule has 1 aromatic rings. The van der Waals surface area contributed by atoms with E-state index in [9.17, 15) is 18.8 Å². The van der Waals surface area contributed by atoms with Crippen molar-refractivity contribution in [3.63, 3.8) is 0 Å². The molecule has 1 rings (SSSR count). The molecule has 2 atom stereocenters. The van der Waals surface area contributed by atoms with Crippen molar-refractivity contribution in [2.75, 3.05) is 0 Å². The summed E-state index contributed by atoms with van der Waals surface area (Å²) in [4.78, 5) is 35.8. The Morgan fingerprint density at radius 3 is 2.14 bits per heavy atom. The van der Waals surface area contributed by atoms with Gasteiger partial charge in [0.1, 0.15) is 17.9 Å². The average molecular weight is 394 g/mol. The number of carbonyl (C=O) groups is 3. The van der Waals surface area contributed by atoms with E-state index in [1.165, 1.54) is 31.9 Å². The monoisotopic (exact) mass is 393 g/mol. The highest BCUT2D eigenvalue weighted by molar-refractivity contribution is 5.91. The summed E-state index contributed by atoms with van der Waals surface area (Å²) in [6.07, 6.45) is 7.03. The predicted molar refractivity (Wildman–Crippen MR) is 107 cm³/mol. The maximum Gasteiger partial charge on any atom is 0.243 e. The molecule has 28 heavy (non-hydrogen) atoms. The number of rotatable bonds is 13. The molecule has 6 nitrogen and oxygen atoms in total. The van der Waals surface area contributed by atoms with Crippen LogP contribution < -0.4 is 16.4 Å². The van der Waals surface area contributed by atoms with Gasteiger partial charge in [0.05, 0.1) is 0 Å². The number of hydrogen-bond donors (Lipinski definition) is 3. The number of nitrogens with one attached hydrogen (secondary N) is 2. The number of benzene rings is 1. The highest BCUT2D eigenvalue weighted by atomic mass is 19.1. The third-order valence-electron chi connectivity index (χ3n) is 4.55. The molecular weight excluding hydrogens is 361 g/mol. The van der Waals surface area contributed by atoms with Gasteiger partial charge < -0.3 is 16.4 Å². The van der Waals surface area contributed by atoms with Gasteiger partial charge in [-0.15, -0.1) is 0 Å². The number of amides is 3. The quantitative estimate of drug-likeness (QED) is 0.449. The first-order valence-electron chi connectivity index (χ1n) is 9.94. The van der Waals surface area contributed by atoms with E-state index in [1.54, 1.807) is 12.1 Å². The molecule has 7 heteroatoms. The van der Waals surface area contributed by atoms with Crippen LogP contribution in [0.25, 0.3) is 0 Å². The highest BCUT2D eigenvalue weighted by Gasteiger charge is 2.25. The van der Waals surface area contributed by atoms with Crippen molar-refractivity contribution in [1.29, 1.82) is 0 Å². The highest BCUT2D eigenvalue weighted by Crippen LogP contribution is 2.10. The van der Waals surface area contributed by atoms with Crippen LogP contribution in [-0.4, -0.2) is 29.8 Å². The van der Waals surface area contributed by atoms with Crippen molar-refractivity contribution in [3.8, 4) is 0 Å². The van der Waals surface area contributed by atoms with Gasteiger partial charge >= 0.3 is 0 Å².